The fourth-order valence-electron chi connectivity index (χ4n) is 2.40. The SMILES string of the molecule is CC(C)(C)CCN1CC(N)Cc2ccccc21. The molecule has 0 aromatic heterocycles. The van der Waals surface area contributed by atoms with Crippen LogP contribution in [-0.4, -0.2) is 19.1 Å². The van der Waals surface area contributed by atoms with Gasteiger partial charge >= 0.3 is 0 Å². The number of anilines is 1. The van der Waals surface area contributed by atoms with E-state index in [9.17, 15) is 0 Å². The Labute approximate surface area is 105 Å². The van der Waals surface area contributed by atoms with Crippen molar-refractivity contribution in [2.24, 2.45) is 11.1 Å². The van der Waals surface area contributed by atoms with Crippen LogP contribution in [0, 0.1) is 5.41 Å². The first-order valence-electron chi connectivity index (χ1n) is 6.54. The van der Waals surface area contributed by atoms with Crippen LogP contribution in [0.1, 0.15) is 32.8 Å². The van der Waals surface area contributed by atoms with Gasteiger partial charge in [0, 0.05) is 24.8 Å². The van der Waals surface area contributed by atoms with E-state index in [0.29, 0.717) is 5.41 Å². The molecule has 17 heavy (non-hydrogen) atoms. The van der Waals surface area contributed by atoms with Gasteiger partial charge in [0.15, 0.2) is 0 Å². The maximum absolute atomic E-state index is 6.14. The van der Waals surface area contributed by atoms with Gasteiger partial charge in [-0.3, -0.25) is 0 Å². The predicted molar refractivity (Wildman–Crippen MR) is 74.4 cm³/mol. The van der Waals surface area contributed by atoms with Crippen molar-refractivity contribution in [3.63, 3.8) is 0 Å². The van der Waals surface area contributed by atoms with Crippen LogP contribution in [0.3, 0.4) is 0 Å². The minimum Gasteiger partial charge on any atom is -0.370 e. The first-order valence-corrected chi connectivity index (χ1v) is 6.54. The van der Waals surface area contributed by atoms with E-state index in [2.05, 4.69) is 49.9 Å². The highest BCUT2D eigenvalue weighted by Gasteiger charge is 2.22. The molecule has 2 nitrogen and oxygen atoms in total. The van der Waals surface area contributed by atoms with Crippen molar-refractivity contribution >= 4 is 5.69 Å². The van der Waals surface area contributed by atoms with Crippen LogP contribution < -0.4 is 10.6 Å². The van der Waals surface area contributed by atoms with Crippen LogP contribution in [0.15, 0.2) is 24.3 Å². The topological polar surface area (TPSA) is 29.3 Å². The van der Waals surface area contributed by atoms with Gasteiger partial charge in [-0.25, -0.2) is 0 Å². The summed E-state index contributed by atoms with van der Waals surface area (Å²) < 4.78 is 0. The maximum Gasteiger partial charge on any atom is 0.0399 e. The van der Waals surface area contributed by atoms with E-state index in [1.807, 2.05) is 0 Å². The molecule has 1 aliphatic heterocycles. The summed E-state index contributed by atoms with van der Waals surface area (Å²) in [6.45, 7) is 8.98. The van der Waals surface area contributed by atoms with Gasteiger partial charge in [0.25, 0.3) is 0 Å². The Bertz CT molecular complexity index is 379. The van der Waals surface area contributed by atoms with Crippen molar-refractivity contribution in [3.8, 4) is 0 Å². The lowest BCUT2D eigenvalue weighted by Crippen LogP contribution is -2.44. The molecule has 0 radical (unpaired) electrons. The largest absolute Gasteiger partial charge is 0.370 e. The smallest absolute Gasteiger partial charge is 0.0399 e. The Morgan fingerprint density at radius 3 is 2.71 bits per heavy atom. The van der Waals surface area contributed by atoms with Crippen LogP contribution in [0.5, 0.6) is 0 Å². The lowest BCUT2D eigenvalue weighted by atomic mass is 9.91. The second-order valence-electron chi connectivity index (χ2n) is 6.35. The zero-order valence-corrected chi connectivity index (χ0v) is 11.2. The molecule has 0 spiro atoms. The molecule has 0 saturated heterocycles. The number of fused-ring (bicyclic) bond motifs is 1. The van der Waals surface area contributed by atoms with E-state index in [-0.39, 0.29) is 6.04 Å². The molecule has 1 aliphatic rings. The minimum absolute atomic E-state index is 0.282. The van der Waals surface area contributed by atoms with Gasteiger partial charge in [0.05, 0.1) is 0 Å². The van der Waals surface area contributed by atoms with Crippen molar-refractivity contribution in [2.75, 3.05) is 18.0 Å². The number of rotatable bonds is 2. The monoisotopic (exact) mass is 232 g/mol. The van der Waals surface area contributed by atoms with Gasteiger partial charge in [-0.2, -0.15) is 0 Å². The Kier molecular flexibility index (Phi) is 3.43. The zero-order chi connectivity index (χ0) is 12.5. The summed E-state index contributed by atoms with van der Waals surface area (Å²) in [5.41, 5.74) is 9.31. The second kappa shape index (κ2) is 4.69. The summed E-state index contributed by atoms with van der Waals surface area (Å²) in [7, 11) is 0. The highest BCUT2D eigenvalue weighted by atomic mass is 15.2. The summed E-state index contributed by atoms with van der Waals surface area (Å²) in [6, 6.07) is 8.95. The average Bonchev–Trinajstić information content (AvgIpc) is 2.24. The molecule has 2 N–H and O–H groups in total. The summed E-state index contributed by atoms with van der Waals surface area (Å²) in [5.74, 6) is 0. The average molecular weight is 232 g/mol. The molecule has 2 rings (SSSR count). The first kappa shape index (κ1) is 12.4. The van der Waals surface area contributed by atoms with E-state index >= 15 is 0 Å². The van der Waals surface area contributed by atoms with Crippen LogP contribution in [0.25, 0.3) is 0 Å². The fourth-order valence-corrected chi connectivity index (χ4v) is 2.40. The third-order valence-electron chi connectivity index (χ3n) is 3.40. The molecule has 0 amide bonds. The normalized spacial score (nSPS) is 20.2. The number of hydrogen-bond donors (Lipinski definition) is 1. The van der Waals surface area contributed by atoms with Crippen LogP contribution in [-0.2, 0) is 6.42 Å². The Morgan fingerprint density at radius 2 is 2.00 bits per heavy atom. The lowest BCUT2D eigenvalue weighted by Gasteiger charge is -2.36. The summed E-state index contributed by atoms with van der Waals surface area (Å²) in [6.07, 6.45) is 2.22. The standard InChI is InChI=1S/C15H24N2/c1-15(2,3)8-9-17-11-13(16)10-12-6-4-5-7-14(12)17/h4-7,13H,8-11,16H2,1-3H3. The van der Waals surface area contributed by atoms with Gasteiger partial charge in [0.1, 0.15) is 0 Å². The van der Waals surface area contributed by atoms with E-state index in [4.69, 9.17) is 5.73 Å². The predicted octanol–water partition coefficient (Wildman–Crippen LogP) is 2.81. The zero-order valence-electron chi connectivity index (χ0n) is 11.2. The highest BCUT2D eigenvalue weighted by molar-refractivity contribution is 5.56. The molecule has 0 aliphatic carbocycles. The molecule has 1 aromatic carbocycles. The molecule has 0 saturated carbocycles. The van der Waals surface area contributed by atoms with Gasteiger partial charge < -0.3 is 10.6 Å². The van der Waals surface area contributed by atoms with E-state index in [0.717, 1.165) is 19.5 Å². The maximum atomic E-state index is 6.14. The van der Waals surface area contributed by atoms with Gasteiger partial charge in [-0.1, -0.05) is 39.0 Å². The lowest BCUT2D eigenvalue weighted by molar-refractivity contribution is 0.375. The summed E-state index contributed by atoms with van der Waals surface area (Å²) in [4.78, 5) is 2.45. The molecule has 1 atom stereocenters. The first-order chi connectivity index (χ1) is 7.96. The number of para-hydroxylation sites is 1. The Morgan fingerprint density at radius 1 is 1.29 bits per heavy atom. The molecule has 1 heterocycles. The quantitative estimate of drug-likeness (QED) is 0.849. The summed E-state index contributed by atoms with van der Waals surface area (Å²) >= 11 is 0. The number of benzene rings is 1. The third-order valence-corrected chi connectivity index (χ3v) is 3.40. The van der Waals surface area contributed by atoms with E-state index in [1.165, 1.54) is 17.7 Å². The van der Waals surface area contributed by atoms with Crippen molar-refractivity contribution in [3.05, 3.63) is 29.8 Å². The number of nitrogens with two attached hydrogens (primary N) is 1. The minimum atomic E-state index is 0.282. The van der Waals surface area contributed by atoms with Crippen molar-refractivity contribution in [1.82, 2.24) is 0 Å². The van der Waals surface area contributed by atoms with E-state index in [1.54, 1.807) is 0 Å². The van der Waals surface area contributed by atoms with Crippen molar-refractivity contribution in [1.29, 1.82) is 0 Å². The van der Waals surface area contributed by atoms with Gasteiger partial charge in [-0.05, 0) is 29.9 Å². The number of nitrogens with zero attached hydrogens (tertiary/aromatic N) is 1. The van der Waals surface area contributed by atoms with Gasteiger partial charge in [-0.15, -0.1) is 0 Å². The molecule has 1 unspecified atom stereocenters. The Hall–Kier alpha value is -1.02. The number of hydrogen-bond acceptors (Lipinski definition) is 2. The summed E-state index contributed by atoms with van der Waals surface area (Å²) in [5, 5.41) is 0. The molecule has 94 valence electrons. The van der Waals surface area contributed by atoms with Crippen LogP contribution in [0.4, 0.5) is 5.69 Å². The van der Waals surface area contributed by atoms with Gasteiger partial charge in [0.2, 0.25) is 0 Å². The molecule has 2 heteroatoms. The van der Waals surface area contributed by atoms with Crippen LogP contribution in [0.2, 0.25) is 0 Å². The molecular weight excluding hydrogens is 208 g/mol. The molecule has 0 bridgehead atoms. The third kappa shape index (κ3) is 3.22. The van der Waals surface area contributed by atoms with E-state index < -0.39 is 0 Å². The highest BCUT2D eigenvalue weighted by Crippen LogP contribution is 2.28. The molecular formula is C15H24N2. The molecule has 1 aromatic rings. The van der Waals surface area contributed by atoms with Crippen molar-refractivity contribution in [2.45, 2.75) is 39.7 Å². The van der Waals surface area contributed by atoms with Crippen LogP contribution >= 0.6 is 0 Å². The molecule has 0 fully saturated rings. The second-order valence-corrected chi connectivity index (χ2v) is 6.35. The fraction of sp³-hybridized carbons (Fsp3) is 0.600. The Balaban J connectivity index is 2.13. The van der Waals surface area contributed by atoms with Crippen molar-refractivity contribution < 1.29 is 0 Å².